The van der Waals surface area contributed by atoms with Gasteiger partial charge in [0, 0.05) is 12.1 Å². The van der Waals surface area contributed by atoms with Crippen LogP contribution in [0.15, 0.2) is 0 Å². The average molecular weight is 209 g/mol. The molecule has 0 aromatic carbocycles. The van der Waals surface area contributed by atoms with Crippen LogP contribution in [0.3, 0.4) is 0 Å². The molecule has 0 saturated heterocycles. The van der Waals surface area contributed by atoms with Gasteiger partial charge in [-0.15, -0.1) is 0 Å². The summed E-state index contributed by atoms with van der Waals surface area (Å²) in [6, 6.07) is 1.69. The van der Waals surface area contributed by atoms with Crippen molar-refractivity contribution in [2.75, 3.05) is 0 Å². The molecule has 88 valence electrons. The van der Waals surface area contributed by atoms with E-state index in [-0.39, 0.29) is 0 Å². The lowest BCUT2D eigenvalue weighted by molar-refractivity contribution is 0.306. The van der Waals surface area contributed by atoms with Crippen LogP contribution in [0, 0.1) is 5.41 Å². The van der Waals surface area contributed by atoms with Crippen molar-refractivity contribution in [2.24, 2.45) is 5.41 Å². The highest BCUT2D eigenvalue weighted by atomic mass is 15.0. The lowest BCUT2D eigenvalue weighted by atomic mass is 9.85. The molecule has 0 bridgehead atoms. The van der Waals surface area contributed by atoms with Gasteiger partial charge in [-0.05, 0) is 43.9 Å². The fourth-order valence-corrected chi connectivity index (χ4v) is 3.25. The minimum absolute atomic E-state index is 0.603. The summed E-state index contributed by atoms with van der Waals surface area (Å²) in [6.45, 7) is 4.87. The third-order valence-electron chi connectivity index (χ3n) is 4.40. The molecule has 2 aliphatic rings. The predicted octanol–water partition coefficient (Wildman–Crippen LogP) is 3.88. The molecule has 1 atom stereocenters. The zero-order valence-corrected chi connectivity index (χ0v) is 10.5. The van der Waals surface area contributed by atoms with Crippen LogP contribution in [-0.2, 0) is 0 Å². The largest absolute Gasteiger partial charge is 0.311 e. The van der Waals surface area contributed by atoms with Gasteiger partial charge < -0.3 is 5.32 Å². The maximum Gasteiger partial charge on any atom is 0.00698 e. The third kappa shape index (κ3) is 3.48. The summed E-state index contributed by atoms with van der Waals surface area (Å²) in [7, 11) is 0. The Morgan fingerprint density at radius 1 is 0.800 bits per heavy atom. The van der Waals surface area contributed by atoms with Crippen LogP contribution in [0.1, 0.15) is 71.6 Å². The van der Waals surface area contributed by atoms with Gasteiger partial charge in [-0.3, -0.25) is 0 Å². The molecule has 2 fully saturated rings. The molecule has 2 rings (SSSR count). The summed E-state index contributed by atoms with van der Waals surface area (Å²) in [5.41, 5.74) is 0.603. The number of hydrogen-bond donors (Lipinski definition) is 1. The van der Waals surface area contributed by atoms with Crippen LogP contribution < -0.4 is 5.32 Å². The fourth-order valence-electron chi connectivity index (χ4n) is 3.25. The second-order valence-electron chi connectivity index (χ2n) is 6.44. The van der Waals surface area contributed by atoms with Gasteiger partial charge in [0.05, 0.1) is 0 Å². The van der Waals surface area contributed by atoms with Crippen molar-refractivity contribution < 1.29 is 0 Å². The Morgan fingerprint density at radius 2 is 1.40 bits per heavy atom. The van der Waals surface area contributed by atoms with E-state index in [9.17, 15) is 0 Å². The summed E-state index contributed by atoms with van der Waals surface area (Å²) in [5.74, 6) is 0. The Bertz CT molecular complexity index is 192. The summed E-state index contributed by atoms with van der Waals surface area (Å²) in [6.07, 6.45) is 12.9. The molecule has 2 aliphatic carbocycles. The molecule has 1 unspecified atom stereocenters. The highest BCUT2D eigenvalue weighted by Gasteiger charge is 2.26. The average Bonchev–Trinajstić information content (AvgIpc) is 2.60. The lowest BCUT2D eigenvalue weighted by Gasteiger charge is -2.23. The van der Waals surface area contributed by atoms with E-state index in [0.29, 0.717) is 5.41 Å². The minimum Gasteiger partial charge on any atom is -0.311 e. The maximum atomic E-state index is 3.90. The molecule has 1 N–H and O–H groups in total. The minimum atomic E-state index is 0.603. The second-order valence-corrected chi connectivity index (χ2v) is 6.44. The summed E-state index contributed by atoms with van der Waals surface area (Å²) in [5, 5.41) is 3.90. The van der Waals surface area contributed by atoms with Gasteiger partial charge in [0.25, 0.3) is 0 Å². The SMILES string of the molecule is CC1(C)CCCC(NC2CCCC2)CC1. The number of rotatable bonds is 2. The Kier molecular flexibility index (Phi) is 3.71. The van der Waals surface area contributed by atoms with Crippen molar-refractivity contribution >= 4 is 0 Å². The standard InChI is InChI=1S/C14H27N/c1-14(2)10-5-8-13(9-11-14)15-12-6-3-4-7-12/h12-13,15H,3-11H2,1-2H3. The van der Waals surface area contributed by atoms with Crippen LogP contribution in [0.4, 0.5) is 0 Å². The van der Waals surface area contributed by atoms with Gasteiger partial charge in [-0.25, -0.2) is 0 Å². The van der Waals surface area contributed by atoms with Crippen molar-refractivity contribution in [3.05, 3.63) is 0 Å². The van der Waals surface area contributed by atoms with Gasteiger partial charge in [-0.2, -0.15) is 0 Å². The van der Waals surface area contributed by atoms with Gasteiger partial charge in [0.2, 0.25) is 0 Å². The van der Waals surface area contributed by atoms with Crippen LogP contribution >= 0.6 is 0 Å². The van der Waals surface area contributed by atoms with Crippen molar-refractivity contribution in [1.29, 1.82) is 0 Å². The van der Waals surface area contributed by atoms with E-state index in [4.69, 9.17) is 0 Å². The summed E-state index contributed by atoms with van der Waals surface area (Å²) >= 11 is 0. The van der Waals surface area contributed by atoms with E-state index in [1.54, 1.807) is 0 Å². The first-order valence-electron chi connectivity index (χ1n) is 6.92. The van der Waals surface area contributed by atoms with E-state index >= 15 is 0 Å². The molecule has 0 aromatic heterocycles. The highest BCUT2D eigenvalue weighted by molar-refractivity contribution is 4.83. The van der Waals surface area contributed by atoms with Gasteiger partial charge >= 0.3 is 0 Å². The molecule has 1 heteroatoms. The van der Waals surface area contributed by atoms with E-state index in [0.717, 1.165) is 12.1 Å². The zero-order valence-electron chi connectivity index (χ0n) is 10.5. The van der Waals surface area contributed by atoms with E-state index < -0.39 is 0 Å². The first-order valence-corrected chi connectivity index (χ1v) is 6.92. The molecule has 0 spiro atoms. The molecule has 15 heavy (non-hydrogen) atoms. The second kappa shape index (κ2) is 4.86. The van der Waals surface area contributed by atoms with E-state index in [1.165, 1.54) is 57.8 Å². The van der Waals surface area contributed by atoms with Gasteiger partial charge in [-0.1, -0.05) is 33.1 Å². The Labute approximate surface area is 95.0 Å². The third-order valence-corrected chi connectivity index (χ3v) is 4.40. The highest BCUT2D eigenvalue weighted by Crippen LogP contribution is 2.34. The van der Waals surface area contributed by atoms with Crippen molar-refractivity contribution in [2.45, 2.75) is 83.7 Å². The molecule has 0 aliphatic heterocycles. The van der Waals surface area contributed by atoms with Crippen molar-refractivity contribution in [3.8, 4) is 0 Å². The summed E-state index contributed by atoms with van der Waals surface area (Å²) in [4.78, 5) is 0. The Balaban J connectivity index is 1.78. The zero-order chi connectivity index (χ0) is 10.7. The predicted molar refractivity (Wildman–Crippen MR) is 66.0 cm³/mol. The maximum absolute atomic E-state index is 3.90. The summed E-state index contributed by atoms with van der Waals surface area (Å²) < 4.78 is 0. The Hall–Kier alpha value is -0.0400. The Morgan fingerprint density at radius 3 is 2.13 bits per heavy atom. The van der Waals surface area contributed by atoms with Crippen LogP contribution in [0.25, 0.3) is 0 Å². The first kappa shape index (κ1) is 11.4. The van der Waals surface area contributed by atoms with Crippen LogP contribution in [-0.4, -0.2) is 12.1 Å². The fraction of sp³-hybridized carbons (Fsp3) is 1.00. The van der Waals surface area contributed by atoms with Crippen molar-refractivity contribution in [1.82, 2.24) is 5.32 Å². The number of hydrogen-bond acceptors (Lipinski definition) is 1. The van der Waals surface area contributed by atoms with Gasteiger partial charge in [0.1, 0.15) is 0 Å². The molecule has 2 saturated carbocycles. The molecule has 0 radical (unpaired) electrons. The molecule has 1 nitrogen and oxygen atoms in total. The lowest BCUT2D eigenvalue weighted by Crippen LogP contribution is -2.36. The molecule has 0 amide bonds. The van der Waals surface area contributed by atoms with Crippen LogP contribution in [0.2, 0.25) is 0 Å². The van der Waals surface area contributed by atoms with E-state index in [1.807, 2.05) is 0 Å². The van der Waals surface area contributed by atoms with Crippen LogP contribution in [0.5, 0.6) is 0 Å². The monoisotopic (exact) mass is 209 g/mol. The molecule has 0 heterocycles. The topological polar surface area (TPSA) is 12.0 Å². The van der Waals surface area contributed by atoms with Gasteiger partial charge in [0.15, 0.2) is 0 Å². The normalized spacial score (nSPS) is 32.8. The first-order chi connectivity index (χ1) is 7.16. The molecule has 0 aromatic rings. The van der Waals surface area contributed by atoms with E-state index in [2.05, 4.69) is 19.2 Å². The quantitative estimate of drug-likeness (QED) is 0.681. The van der Waals surface area contributed by atoms with Crippen molar-refractivity contribution in [3.63, 3.8) is 0 Å². The molecular weight excluding hydrogens is 182 g/mol. The smallest absolute Gasteiger partial charge is 0.00698 e. The number of nitrogens with one attached hydrogen (secondary N) is 1. The molecular formula is C14H27N.